The highest BCUT2D eigenvalue weighted by atomic mass is 32.1. The van der Waals surface area contributed by atoms with E-state index in [9.17, 15) is 0 Å². The van der Waals surface area contributed by atoms with Crippen molar-refractivity contribution in [3.63, 3.8) is 0 Å². The first kappa shape index (κ1) is 8.71. The Morgan fingerprint density at radius 3 is 2.73 bits per heavy atom. The van der Waals surface area contributed by atoms with Crippen LogP contribution in [0.5, 0.6) is 0 Å². The largest absolute Gasteiger partial charge is 0.304 e. The summed E-state index contributed by atoms with van der Waals surface area (Å²) in [6.07, 6.45) is 0.923. The van der Waals surface area contributed by atoms with E-state index in [0.717, 1.165) is 6.42 Å². The van der Waals surface area contributed by atoms with Crippen molar-refractivity contribution in [2.24, 2.45) is 5.90 Å². The first-order valence-electron chi connectivity index (χ1n) is 3.61. The van der Waals surface area contributed by atoms with Crippen molar-refractivity contribution in [2.45, 2.75) is 20.3 Å². The molecule has 11 heavy (non-hydrogen) atoms. The van der Waals surface area contributed by atoms with E-state index in [4.69, 9.17) is 5.90 Å². The van der Waals surface area contributed by atoms with E-state index >= 15 is 0 Å². The molecule has 2 nitrogen and oxygen atoms in total. The van der Waals surface area contributed by atoms with Crippen molar-refractivity contribution in [3.8, 4) is 0 Å². The topological polar surface area (TPSA) is 35.2 Å². The Morgan fingerprint density at radius 1 is 1.55 bits per heavy atom. The van der Waals surface area contributed by atoms with Gasteiger partial charge in [-0.05, 0) is 31.9 Å². The molecule has 0 atom stereocenters. The minimum atomic E-state index is 0.608. The first-order valence-corrected chi connectivity index (χ1v) is 4.43. The minimum Gasteiger partial charge on any atom is -0.304 e. The predicted molar refractivity (Wildman–Crippen MR) is 47.6 cm³/mol. The Morgan fingerprint density at radius 2 is 2.27 bits per heavy atom. The molecule has 0 spiro atoms. The third kappa shape index (κ3) is 2.29. The Bertz CT molecular complexity index is 232. The first-order chi connectivity index (χ1) is 5.24. The molecule has 0 amide bonds. The van der Waals surface area contributed by atoms with Crippen LogP contribution in [0.25, 0.3) is 0 Å². The normalized spacial score (nSPS) is 10.5. The van der Waals surface area contributed by atoms with Crippen LogP contribution in [-0.4, -0.2) is 6.61 Å². The van der Waals surface area contributed by atoms with Crippen LogP contribution in [-0.2, 0) is 11.3 Å². The summed E-state index contributed by atoms with van der Waals surface area (Å²) in [6, 6.07) is 2.19. The second-order valence-electron chi connectivity index (χ2n) is 2.56. The molecule has 0 fully saturated rings. The Hall–Kier alpha value is -0.380. The van der Waals surface area contributed by atoms with Gasteiger partial charge in [0.15, 0.2) is 0 Å². The number of thiophene rings is 1. The smallest absolute Gasteiger partial charge is 0.0719 e. The molecule has 0 aliphatic carbocycles. The lowest BCUT2D eigenvalue weighted by Gasteiger charge is -1.96. The molecule has 0 saturated carbocycles. The van der Waals surface area contributed by atoms with Gasteiger partial charge in [-0.1, -0.05) is 0 Å². The summed E-state index contributed by atoms with van der Waals surface area (Å²) in [4.78, 5) is 7.25. The lowest BCUT2D eigenvalue weighted by atomic mass is 10.2. The van der Waals surface area contributed by atoms with Crippen LogP contribution in [0.2, 0.25) is 0 Å². The highest BCUT2D eigenvalue weighted by Crippen LogP contribution is 2.20. The van der Waals surface area contributed by atoms with Crippen molar-refractivity contribution < 1.29 is 4.84 Å². The maximum Gasteiger partial charge on any atom is 0.0719 e. The fraction of sp³-hybridized carbons (Fsp3) is 0.500. The number of nitrogens with two attached hydrogens (primary N) is 1. The van der Waals surface area contributed by atoms with Crippen LogP contribution in [0.1, 0.15) is 15.3 Å². The van der Waals surface area contributed by atoms with Gasteiger partial charge in [-0.25, -0.2) is 5.90 Å². The summed E-state index contributed by atoms with van der Waals surface area (Å²) in [5.74, 6) is 4.94. The summed E-state index contributed by atoms with van der Waals surface area (Å²) in [5.41, 5.74) is 1.36. The van der Waals surface area contributed by atoms with Gasteiger partial charge in [-0.3, -0.25) is 0 Å². The molecule has 0 radical (unpaired) electrons. The number of hydrogen-bond acceptors (Lipinski definition) is 3. The molecular formula is C8H13NOS. The van der Waals surface area contributed by atoms with Gasteiger partial charge in [0.1, 0.15) is 0 Å². The van der Waals surface area contributed by atoms with Gasteiger partial charge in [0.05, 0.1) is 6.61 Å². The summed E-state index contributed by atoms with van der Waals surface area (Å²) in [7, 11) is 0. The molecule has 0 aliphatic rings. The monoisotopic (exact) mass is 171 g/mol. The molecule has 1 heterocycles. The van der Waals surface area contributed by atoms with Crippen molar-refractivity contribution in [1.29, 1.82) is 0 Å². The average molecular weight is 171 g/mol. The number of hydrogen-bond donors (Lipinski definition) is 1. The highest BCUT2D eigenvalue weighted by molar-refractivity contribution is 7.12. The molecule has 0 saturated heterocycles. The average Bonchev–Trinajstić information content (AvgIpc) is 2.26. The zero-order chi connectivity index (χ0) is 8.27. The van der Waals surface area contributed by atoms with E-state index in [1.54, 1.807) is 0 Å². The SMILES string of the molecule is Cc1cc(CCON)c(C)s1. The van der Waals surface area contributed by atoms with Gasteiger partial charge in [0.2, 0.25) is 0 Å². The van der Waals surface area contributed by atoms with Crippen LogP contribution >= 0.6 is 11.3 Å². The Kier molecular flexibility index (Phi) is 3.05. The molecule has 0 unspecified atom stereocenters. The van der Waals surface area contributed by atoms with Crippen molar-refractivity contribution in [1.82, 2.24) is 0 Å². The lowest BCUT2D eigenvalue weighted by molar-refractivity contribution is 0.141. The van der Waals surface area contributed by atoms with Crippen LogP contribution < -0.4 is 5.90 Å². The molecule has 62 valence electrons. The fourth-order valence-electron chi connectivity index (χ4n) is 1.10. The van der Waals surface area contributed by atoms with E-state index in [1.807, 2.05) is 11.3 Å². The van der Waals surface area contributed by atoms with Crippen LogP contribution in [0.15, 0.2) is 6.07 Å². The number of rotatable bonds is 3. The predicted octanol–water partition coefficient (Wildman–Crippen LogP) is 1.80. The maximum atomic E-state index is 4.94. The van der Waals surface area contributed by atoms with Crippen molar-refractivity contribution >= 4 is 11.3 Å². The molecule has 3 heteroatoms. The molecule has 0 aromatic carbocycles. The van der Waals surface area contributed by atoms with Crippen molar-refractivity contribution in [2.75, 3.05) is 6.61 Å². The third-order valence-corrected chi connectivity index (χ3v) is 2.64. The molecule has 0 bridgehead atoms. The molecule has 1 aromatic heterocycles. The Labute approximate surface area is 70.9 Å². The van der Waals surface area contributed by atoms with Gasteiger partial charge in [0, 0.05) is 9.75 Å². The van der Waals surface area contributed by atoms with Gasteiger partial charge < -0.3 is 4.84 Å². The molecular weight excluding hydrogens is 158 g/mol. The van der Waals surface area contributed by atoms with Gasteiger partial charge in [-0.2, -0.15) is 0 Å². The van der Waals surface area contributed by atoms with E-state index in [2.05, 4.69) is 24.8 Å². The highest BCUT2D eigenvalue weighted by Gasteiger charge is 2.01. The van der Waals surface area contributed by atoms with Gasteiger partial charge >= 0.3 is 0 Å². The molecule has 2 N–H and O–H groups in total. The quantitative estimate of drug-likeness (QED) is 0.704. The standard InChI is InChI=1S/C8H13NOS/c1-6-5-8(3-4-10-9)7(2)11-6/h5H,3-4,9H2,1-2H3. The Balaban J connectivity index is 2.62. The van der Waals surface area contributed by atoms with E-state index in [1.165, 1.54) is 15.3 Å². The summed E-state index contributed by atoms with van der Waals surface area (Å²) < 4.78 is 0. The molecule has 1 rings (SSSR count). The second-order valence-corrected chi connectivity index (χ2v) is 4.02. The van der Waals surface area contributed by atoms with Crippen LogP contribution in [0.4, 0.5) is 0 Å². The van der Waals surface area contributed by atoms with Gasteiger partial charge in [-0.15, -0.1) is 11.3 Å². The zero-order valence-corrected chi connectivity index (χ0v) is 7.70. The van der Waals surface area contributed by atoms with E-state index in [0.29, 0.717) is 6.61 Å². The number of aryl methyl sites for hydroxylation is 2. The lowest BCUT2D eigenvalue weighted by Crippen LogP contribution is -2.03. The summed E-state index contributed by atoms with van der Waals surface area (Å²) >= 11 is 1.82. The van der Waals surface area contributed by atoms with E-state index in [-0.39, 0.29) is 0 Å². The summed E-state index contributed by atoms with van der Waals surface area (Å²) in [6.45, 7) is 4.85. The zero-order valence-electron chi connectivity index (χ0n) is 6.89. The third-order valence-electron chi connectivity index (χ3n) is 1.63. The second kappa shape index (κ2) is 3.85. The minimum absolute atomic E-state index is 0.608. The molecule has 1 aromatic rings. The molecule has 0 aliphatic heterocycles. The van der Waals surface area contributed by atoms with Crippen LogP contribution in [0.3, 0.4) is 0 Å². The fourth-order valence-corrected chi connectivity index (χ4v) is 2.08. The van der Waals surface area contributed by atoms with Gasteiger partial charge in [0.25, 0.3) is 0 Å². The van der Waals surface area contributed by atoms with Crippen LogP contribution in [0, 0.1) is 13.8 Å². The van der Waals surface area contributed by atoms with Crippen molar-refractivity contribution in [3.05, 3.63) is 21.4 Å². The van der Waals surface area contributed by atoms with E-state index < -0.39 is 0 Å². The maximum absolute atomic E-state index is 4.94. The summed E-state index contributed by atoms with van der Waals surface area (Å²) in [5, 5.41) is 0.